The molecule has 1 amide bonds. The van der Waals surface area contributed by atoms with E-state index in [9.17, 15) is 4.79 Å². The maximum atomic E-state index is 11.1. The molecule has 100 valence electrons. The van der Waals surface area contributed by atoms with Crippen molar-refractivity contribution in [3.8, 4) is 5.75 Å². The Balaban J connectivity index is 1.77. The molecule has 3 rings (SSSR count). The van der Waals surface area contributed by atoms with Crippen LogP contribution in [0.25, 0.3) is 0 Å². The second kappa shape index (κ2) is 5.01. The van der Waals surface area contributed by atoms with Crippen LogP contribution in [-0.2, 0) is 9.53 Å². The van der Waals surface area contributed by atoms with Crippen molar-refractivity contribution in [3.05, 3.63) is 29.3 Å². The van der Waals surface area contributed by atoms with Gasteiger partial charge >= 0.3 is 0 Å². The Labute approximate surface area is 111 Å². The van der Waals surface area contributed by atoms with Crippen molar-refractivity contribution in [2.75, 3.05) is 13.2 Å². The minimum absolute atomic E-state index is 0.0294. The van der Waals surface area contributed by atoms with Crippen LogP contribution in [0.15, 0.2) is 23.3 Å². The molecule has 0 spiro atoms. The van der Waals surface area contributed by atoms with Crippen LogP contribution in [0.2, 0.25) is 0 Å². The summed E-state index contributed by atoms with van der Waals surface area (Å²) < 4.78 is 10.9. The van der Waals surface area contributed by atoms with Gasteiger partial charge in [-0.05, 0) is 18.6 Å². The third kappa shape index (κ3) is 2.93. The summed E-state index contributed by atoms with van der Waals surface area (Å²) >= 11 is 0. The van der Waals surface area contributed by atoms with E-state index in [4.69, 9.17) is 9.47 Å². The molecule has 1 N–H and O–H groups in total. The van der Waals surface area contributed by atoms with E-state index < -0.39 is 0 Å². The number of ether oxygens (including phenoxy) is 2. The lowest BCUT2D eigenvalue weighted by atomic mass is 10.0. The number of benzene rings is 1. The van der Waals surface area contributed by atoms with E-state index in [1.807, 2.05) is 25.1 Å². The van der Waals surface area contributed by atoms with Crippen molar-refractivity contribution >= 4 is 11.6 Å². The van der Waals surface area contributed by atoms with Crippen molar-refractivity contribution in [1.82, 2.24) is 5.43 Å². The number of amides is 1. The first-order valence-corrected chi connectivity index (χ1v) is 6.43. The number of nitrogens with one attached hydrogen (secondary N) is 1. The van der Waals surface area contributed by atoms with Gasteiger partial charge in [0.05, 0.1) is 12.3 Å². The lowest BCUT2D eigenvalue weighted by Crippen LogP contribution is -2.25. The zero-order valence-electron chi connectivity index (χ0n) is 10.8. The van der Waals surface area contributed by atoms with Gasteiger partial charge in [-0.2, -0.15) is 5.10 Å². The van der Waals surface area contributed by atoms with E-state index in [1.165, 1.54) is 0 Å². The van der Waals surface area contributed by atoms with Gasteiger partial charge in [-0.3, -0.25) is 4.79 Å². The molecule has 2 aliphatic rings. The average molecular weight is 260 g/mol. The maximum absolute atomic E-state index is 11.1. The second-order valence-electron chi connectivity index (χ2n) is 4.84. The fourth-order valence-corrected chi connectivity index (χ4v) is 1.96. The molecule has 5 nitrogen and oxygen atoms in total. The quantitative estimate of drug-likeness (QED) is 0.832. The molecule has 5 heteroatoms. The fraction of sp³-hybridized carbons (Fsp3) is 0.429. The van der Waals surface area contributed by atoms with Crippen LogP contribution in [-0.4, -0.2) is 30.9 Å². The molecule has 0 saturated carbocycles. The van der Waals surface area contributed by atoms with E-state index in [0.29, 0.717) is 19.4 Å². The summed E-state index contributed by atoms with van der Waals surface area (Å²) in [7, 11) is 0. The highest BCUT2D eigenvalue weighted by atomic mass is 16.6. The largest absolute Gasteiger partial charge is 0.490 e. The molecule has 1 aromatic rings. The van der Waals surface area contributed by atoms with Crippen molar-refractivity contribution in [2.24, 2.45) is 5.10 Å². The molecule has 0 bridgehead atoms. The molecule has 1 aromatic carbocycles. The molecule has 19 heavy (non-hydrogen) atoms. The van der Waals surface area contributed by atoms with Crippen molar-refractivity contribution in [3.63, 3.8) is 0 Å². The first-order valence-electron chi connectivity index (χ1n) is 6.43. The minimum atomic E-state index is -0.0294. The lowest BCUT2D eigenvalue weighted by molar-refractivity contribution is -0.121. The second-order valence-corrected chi connectivity index (χ2v) is 4.84. The topological polar surface area (TPSA) is 63.2 Å². The zero-order valence-corrected chi connectivity index (χ0v) is 10.8. The molecule has 0 radical (unpaired) electrons. The third-order valence-corrected chi connectivity index (χ3v) is 3.25. The number of hydrogen-bond donors (Lipinski definition) is 1. The first-order chi connectivity index (χ1) is 9.22. The van der Waals surface area contributed by atoms with Crippen molar-refractivity contribution in [1.29, 1.82) is 0 Å². The number of carbonyl (C=O) groups is 1. The smallest absolute Gasteiger partial charge is 0.240 e. The minimum Gasteiger partial charge on any atom is -0.490 e. The fourth-order valence-electron chi connectivity index (χ4n) is 1.96. The molecule has 1 unspecified atom stereocenters. The summed E-state index contributed by atoms with van der Waals surface area (Å²) in [6, 6.07) is 6.00. The van der Waals surface area contributed by atoms with E-state index in [0.717, 1.165) is 29.2 Å². The number of hydrazone groups is 1. The van der Waals surface area contributed by atoms with Crippen LogP contribution < -0.4 is 10.2 Å². The molecule has 0 aliphatic carbocycles. The van der Waals surface area contributed by atoms with Crippen molar-refractivity contribution in [2.45, 2.75) is 25.9 Å². The van der Waals surface area contributed by atoms with Crippen LogP contribution in [0.4, 0.5) is 0 Å². The highest BCUT2D eigenvalue weighted by Gasteiger charge is 2.23. The van der Waals surface area contributed by atoms with Gasteiger partial charge < -0.3 is 9.47 Å². The highest BCUT2D eigenvalue weighted by molar-refractivity contribution is 6.04. The van der Waals surface area contributed by atoms with Gasteiger partial charge in [0.1, 0.15) is 18.5 Å². The van der Waals surface area contributed by atoms with Crippen molar-refractivity contribution < 1.29 is 14.3 Å². The standard InChI is InChI=1S/C14H16N2O3/c1-9-2-3-10(12-4-5-14(17)16-15-12)6-13(9)19-8-11-7-18-11/h2-3,6,11H,4-5,7-8H2,1H3,(H,16,17). The van der Waals surface area contributed by atoms with Gasteiger partial charge in [0, 0.05) is 18.4 Å². The highest BCUT2D eigenvalue weighted by Crippen LogP contribution is 2.23. The monoisotopic (exact) mass is 260 g/mol. The number of nitrogens with zero attached hydrogens (tertiary/aromatic N) is 1. The first kappa shape index (κ1) is 12.2. The van der Waals surface area contributed by atoms with Gasteiger partial charge in [0.25, 0.3) is 0 Å². The van der Waals surface area contributed by atoms with Gasteiger partial charge in [-0.25, -0.2) is 5.43 Å². The van der Waals surface area contributed by atoms with Gasteiger partial charge in [-0.15, -0.1) is 0 Å². The van der Waals surface area contributed by atoms with E-state index in [1.54, 1.807) is 0 Å². The number of epoxide rings is 1. The Morgan fingerprint density at radius 3 is 3.00 bits per heavy atom. The van der Waals surface area contributed by atoms with Crippen LogP contribution in [0, 0.1) is 6.92 Å². The summed E-state index contributed by atoms with van der Waals surface area (Å²) in [6.07, 6.45) is 1.40. The SMILES string of the molecule is Cc1ccc(C2=NNC(=O)CC2)cc1OCC1CO1. The van der Waals surface area contributed by atoms with Gasteiger partial charge in [0.2, 0.25) is 5.91 Å². The molecule has 2 heterocycles. The molecule has 1 fully saturated rings. The van der Waals surface area contributed by atoms with Crippen LogP contribution in [0.5, 0.6) is 5.75 Å². The lowest BCUT2D eigenvalue weighted by Gasteiger charge is -2.14. The summed E-state index contributed by atoms with van der Waals surface area (Å²) in [6.45, 7) is 3.39. The molecular weight excluding hydrogens is 244 g/mol. The Hall–Kier alpha value is -1.88. The maximum Gasteiger partial charge on any atom is 0.240 e. The third-order valence-electron chi connectivity index (χ3n) is 3.25. The Bertz CT molecular complexity index is 535. The molecule has 0 aromatic heterocycles. The van der Waals surface area contributed by atoms with E-state index in [-0.39, 0.29) is 12.0 Å². The van der Waals surface area contributed by atoms with Crippen LogP contribution >= 0.6 is 0 Å². The predicted octanol–water partition coefficient (Wildman–Crippen LogP) is 1.39. The Kier molecular flexibility index (Phi) is 3.21. The Morgan fingerprint density at radius 2 is 2.32 bits per heavy atom. The van der Waals surface area contributed by atoms with Gasteiger partial charge in [-0.1, -0.05) is 12.1 Å². The summed E-state index contributed by atoms with van der Waals surface area (Å²) in [5, 5.41) is 4.10. The predicted molar refractivity (Wildman–Crippen MR) is 70.3 cm³/mol. The van der Waals surface area contributed by atoms with E-state index >= 15 is 0 Å². The number of rotatable bonds is 4. The van der Waals surface area contributed by atoms with Crippen LogP contribution in [0.3, 0.4) is 0 Å². The average Bonchev–Trinajstić information content (AvgIpc) is 3.23. The summed E-state index contributed by atoms with van der Waals surface area (Å²) in [5.41, 5.74) is 5.49. The molecule has 1 atom stereocenters. The van der Waals surface area contributed by atoms with E-state index in [2.05, 4.69) is 10.5 Å². The zero-order chi connectivity index (χ0) is 13.2. The number of carbonyl (C=O) groups excluding carboxylic acids is 1. The molecule has 2 aliphatic heterocycles. The summed E-state index contributed by atoms with van der Waals surface area (Å²) in [5.74, 6) is 0.825. The summed E-state index contributed by atoms with van der Waals surface area (Å²) in [4.78, 5) is 11.1. The van der Waals surface area contributed by atoms with Gasteiger partial charge in [0.15, 0.2) is 0 Å². The molecular formula is C14H16N2O3. The van der Waals surface area contributed by atoms with Crippen LogP contribution in [0.1, 0.15) is 24.0 Å². The Morgan fingerprint density at radius 1 is 1.47 bits per heavy atom. The molecule has 1 saturated heterocycles. The number of aryl methyl sites for hydroxylation is 1. The normalized spacial score (nSPS) is 21.6. The number of hydrogen-bond acceptors (Lipinski definition) is 4.